The van der Waals surface area contributed by atoms with Crippen molar-refractivity contribution in [1.82, 2.24) is 10.6 Å². The Morgan fingerprint density at radius 3 is 2.53 bits per heavy atom. The zero-order valence-corrected chi connectivity index (χ0v) is 11.2. The van der Waals surface area contributed by atoms with Gasteiger partial charge in [-0.15, -0.1) is 0 Å². The van der Waals surface area contributed by atoms with Crippen LogP contribution in [0.3, 0.4) is 0 Å². The zero-order valence-electron chi connectivity index (χ0n) is 11.2. The van der Waals surface area contributed by atoms with Gasteiger partial charge in [0.15, 0.2) is 0 Å². The second-order valence-corrected chi connectivity index (χ2v) is 5.15. The summed E-state index contributed by atoms with van der Waals surface area (Å²) in [4.78, 5) is 11.7. The first-order valence-electron chi connectivity index (χ1n) is 7.06. The van der Waals surface area contributed by atoms with Crippen LogP contribution in [0.5, 0.6) is 5.75 Å². The van der Waals surface area contributed by atoms with E-state index in [9.17, 15) is 9.90 Å². The fraction of sp³-hybridized carbons (Fsp3) is 0.533. The summed E-state index contributed by atoms with van der Waals surface area (Å²) in [5.41, 5.74) is 1.11. The molecule has 0 heterocycles. The van der Waals surface area contributed by atoms with Crippen LogP contribution in [0.2, 0.25) is 0 Å². The van der Waals surface area contributed by atoms with E-state index in [0.29, 0.717) is 12.6 Å². The molecular formula is C15H22N2O2. The lowest BCUT2D eigenvalue weighted by atomic mass is 9.96. The van der Waals surface area contributed by atoms with Crippen LogP contribution in [0.25, 0.3) is 0 Å². The highest BCUT2D eigenvalue weighted by atomic mass is 16.3. The van der Waals surface area contributed by atoms with Gasteiger partial charge in [0.05, 0.1) is 0 Å². The number of aromatic hydroxyl groups is 1. The molecule has 3 N–H and O–H groups in total. The summed E-state index contributed by atoms with van der Waals surface area (Å²) in [5, 5.41) is 15.1. The average molecular weight is 262 g/mol. The summed E-state index contributed by atoms with van der Waals surface area (Å²) in [7, 11) is 0. The van der Waals surface area contributed by atoms with E-state index in [-0.39, 0.29) is 11.8 Å². The number of nitrogens with one attached hydrogen (secondary N) is 2. The summed E-state index contributed by atoms with van der Waals surface area (Å²) in [6, 6.07) is 7.36. The van der Waals surface area contributed by atoms with Gasteiger partial charge in [-0.25, -0.2) is 4.79 Å². The molecular weight excluding hydrogens is 240 g/mol. The van der Waals surface area contributed by atoms with E-state index in [1.807, 2.05) is 12.1 Å². The molecule has 2 rings (SSSR count). The summed E-state index contributed by atoms with van der Waals surface area (Å²) in [6.45, 7) is 0.614. The van der Waals surface area contributed by atoms with Gasteiger partial charge in [0, 0.05) is 12.6 Å². The lowest BCUT2D eigenvalue weighted by molar-refractivity contribution is 0.233. The molecule has 0 radical (unpaired) electrons. The zero-order chi connectivity index (χ0) is 13.5. The van der Waals surface area contributed by atoms with Crippen LogP contribution in [0.4, 0.5) is 4.79 Å². The summed E-state index contributed by atoms with van der Waals surface area (Å²) in [5.74, 6) is 0.270. The van der Waals surface area contributed by atoms with Gasteiger partial charge in [0.25, 0.3) is 0 Å². The molecule has 0 aromatic heterocycles. The maximum Gasteiger partial charge on any atom is 0.315 e. The summed E-state index contributed by atoms with van der Waals surface area (Å²) in [6.07, 6.45) is 6.71. The Morgan fingerprint density at radius 1 is 1.16 bits per heavy atom. The molecule has 4 nitrogen and oxygen atoms in total. The second kappa shape index (κ2) is 7.02. The van der Waals surface area contributed by atoms with E-state index in [1.165, 1.54) is 19.3 Å². The summed E-state index contributed by atoms with van der Waals surface area (Å²) < 4.78 is 0. The first-order chi connectivity index (χ1) is 9.24. The van der Waals surface area contributed by atoms with Crippen molar-refractivity contribution in [1.29, 1.82) is 0 Å². The van der Waals surface area contributed by atoms with Gasteiger partial charge in [-0.2, -0.15) is 0 Å². The Morgan fingerprint density at radius 2 is 1.84 bits per heavy atom. The molecule has 0 atom stereocenters. The quantitative estimate of drug-likeness (QED) is 0.781. The molecule has 0 spiro atoms. The highest BCUT2D eigenvalue weighted by Gasteiger charge is 2.14. The van der Waals surface area contributed by atoms with Crippen molar-refractivity contribution in [2.45, 2.75) is 44.6 Å². The Bertz CT molecular complexity index is 397. The number of phenols is 1. The van der Waals surface area contributed by atoms with Crippen LogP contribution in [0.1, 0.15) is 37.7 Å². The van der Waals surface area contributed by atoms with Gasteiger partial charge in [-0.1, -0.05) is 31.4 Å². The van der Waals surface area contributed by atoms with Crippen LogP contribution in [-0.4, -0.2) is 23.7 Å². The third-order valence-corrected chi connectivity index (χ3v) is 3.58. The Kier molecular flexibility index (Phi) is 5.07. The fourth-order valence-electron chi connectivity index (χ4n) is 2.47. The predicted molar refractivity (Wildman–Crippen MR) is 75.2 cm³/mol. The molecule has 1 aromatic rings. The molecule has 1 aliphatic carbocycles. The van der Waals surface area contributed by atoms with E-state index < -0.39 is 0 Å². The van der Waals surface area contributed by atoms with Gasteiger partial charge >= 0.3 is 6.03 Å². The number of rotatable bonds is 4. The Labute approximate surface area is 114 Å². The number of carbonyl (C=O) groups is 1. The van der Waals surface area contributed by atoms with Gasteiger partial charge in [0.1, 0.15) is 5.75 Å². The van der Waals surface area contributed by atoms with Crippen LogP contribution in [0, 0.1) is 0 Å². The summed E-state index contributed by atoms with van der Waals surface area (Å²) >= 11 is 0. The fourth-order valence-corrected chi connectivity index (χ4v) is 2.47. The molecule has 19 heavy (non-hydrogen) atoms. The molecule has 4 heteroatoms. The van der Waals surface area contributed by atoms with Crippen molar-refractivity contribution in [3.63, 3.8) is 0 Å². The number of hydrogen-bond acceptors (Lipinski definition) is 2. The first-order valence-corrected chi connectivity index (χ1v) is 7.06. The van der Waals surface area contributed by atoms with Crippen molar-refractivity contribution < 1.29 is 9.90 Å². The third kappa shape index (κ3) is 4.81. The second-order valence-electron chi connectivity index (χ2n) is 5.15. The number of urea groups is 1. The monoisotopic (exact) mass is 262 g/mol. The molecule has 1 aromatic carbocycles. The van der Waals surface area contributed by atoms with Gasteiger partial charge in [-0.3, -0.25) is 0 Å². The molecule has 0 saturated heterocycles. The Balaban J connectivity index is 1.64. The molecule has 104 valence electrons. The molecule has 1 fully saturated rings. The van der Waals surface area contributed by atoms with Crippen molar-refractivity contribution in [2.75, 3.05) is 6.54 Å². The molecule has 1 aliphatic rings. The van der Waals surface area contributed by atoms with Gasteiger partial charge in [0.2, 0.25) is 0 Å². The van der Waals surface area contributed by atoms with Crippen LogP contribution < -0.4 is 10.6 Å². The lowest BCUT2D eigenvalue weighted by Crippen LogP contribution is -2.43. The highest BCUT2D eigenvalue weighted by molar-refractivity contribution is 5.74. The number of hydrogen-bond donors (Lipinski definition) is 3. The number of benzene rings is 1. The number of amides is 2. The van der Waals surface area contributed by atoms with Gasteiger partial charge in [-0.05, 0) is 37.0 Å². The van der Waals surface area contributed by atoms with E-state index in [2.05, 4.69) is 10.6 Å². The van der Waals surface area contributed by atoms with Crippen molar-refractivity contribution in [2.24, 2.45) is 0 Å². The van der Waals surface area contributed by atoms with Crippen molar-refractivity contribution >= 4 is 6.03 Å². The standard InChI is InChI=1S/C15H22N2O2/c18-14-8-6-12(7-9-14)10-11-16-15(19)17-13-4-2-1-3-5-13/h6-9,13,18H,1-5,10-11H2,(H2,16,17,19). The SMILES string of the molecule is O=C(NCCc1ccc(O)cc1)NC1CCCCC1. The first kappa shape index (κ1) is 13.7. The minimum atomic E-state index is -0.0642. The van der Waals surface area contributed by atoms with E-state index in [1.54, 1.807) is 12.1 Å². The van der Waals surface area contributed by atoms with Crippen LogP contribution in [-0.2, 0) is 6.42 Å². The normalized spacial score (nSPS) is 16.0. The minimum absolute atomic E-state index is 0.0642. The molecule has 2 amide bonds. The smallest absolute Gasteiger partial charge is 0.315 e. The van der Waals surface area contributed by atoms with E-state index >= 15 is 0 Å². The largest absolute Gasteiger partial charge is 0.508 e. The van der Waals surface area contributed by atoms with Crippen molar-refractivity contribution in [3.05, 3.63) is 29.8 Å². The topological polar surface area (TPSA) is 61.4 Å². The highest BCUT2D eigenvalue weighted by Crippen LogP contribution is 2.17. The minimum Gasteiger partial charge on any atom is -0.508 e. The third-order valence-electron chi connectivity index (χ3n) is 3.58. The van der Waals surface area contributed by atoms with Crippen LogP contribution in [0.15, 0.2) is 24.3 Å². The maximum absolute atomic E-state index is 11.7. The maximum atomic E-state index is 11.7. The van der Waals surface area contributed by atoms with Gasteiger partial charge < -0.3 is 15.7 Å². The molecule has 0 unspecified atom stereocenters. The van der Waals surface area contributed by atoms with Crippen LogP contribution >= 0.6 is 0 Å². The average Bonchev–Trinajstić information content (AvgIpc) is 2.42. The lowest BCUT2D eigenvalue weighted by Gasteiger charge is -2.22. The number of carbonyl (C=O) groups excluding carboxylic acids is 1. The number of phenolic OH excluding ortho intramolecular Hbond substituents is 1. The van der Waals surface area contributed by atoms with Crippen molar-refractivity contribution in [3.8, 4) is 5.75 Å². The molecule has 0 bridgehead atoms. The van der Waals surface area contributed by atoms with E-state index in [4.69, 9.17) is 0 Å². The molecule has 0 aliphatic heterocycles. The predicted octanol–water partition coefficient (Wildman–Crippen LogP) is 2.57. The van der Waals surface area contributed by atoms with E-state index in [0.717, 1.165) is 24.8 Å². The molecule has 1 saturated carbocycles. The Hall–Kier alpha value is -1.71.